The van der Waals surface area contributed by atoms with E-state index in [0.717, 1.165) is 0 Å². The maximum atomic E-state index is 12.3. The van der Waals surface area contributed by atoms with E-state index in [1.54, 1.807) is 24.7 Å². The fraction of sp³-hybridized carbons (Fsp3) is 0.333. The zero-order valence-electron chi connectivity index (χ0n) is 12.7. The van der Waals surface area contributed by atoms with Crippen LogP contribution in [0.15, 0.2) is 30.9 Å². The van der Waals surface area contributed by atoms with Crippen LogP contribution in [0.5, 0.6) is 11.5 Å². The van der Waals surface area contributed by atoms with Crippen molar-refractivity contribution in [3.05, 3.63) is 41.4 Å². The van der Waals surface area contributed by atoms with E-state index in [2.05, 4.69) is 10.3 Å². The monoisotopic (exact) mass is 323 g/mol. The van der Waals surface area contributed by atoms with E-state index in [1.165, 1.54) is 14.2 Å². The molecule has 0 unspecified atom stereocenters. The summed E-state index contributed by atoms with van der Waals surface area (Å²) in [5.41, 5.74) is 0.417. The lowest BCUT2D eigenvalue weighted by atomic mass is 10.1. The number of hydrogen-bond acceptors (Lipinski definition) is 4. The Hall–Kier alpha value is -2.21. The Labute approximate surface area is 134 Å². The van der Waals surface area contributed by atoms with Crippen LogP contribution in [0.25, 0.3) is 0 Å². The first-order chi connectivity index (χ1) is 10.5. The first-order valence-electron chi connectivity index (χ1n) is 6.73. The highest BCUT2D eigenvalue weighted by molar-refractivity contribution is 6.32. The van der Waals surface area contributed by atoms with Gasteiger partial charge in [-0.1, -0.05) is 11.6 Å². The van der Waals surface area contributed by atoms with Crippen molar-refractivity contribution >= 4 is 17.5 Å². The predicted octanol–water partition coefficient (Wildman–Crippen LogP) is 2.37. The van der Waals surface area contributed by atoms with Crippen LogP contribution < -0.4 is 14.8 Å². The number of carbonyl (C=O) groups is 1. The number of benzene rings is 1. The number of halogens is 1. The van der Waals surface area contributed by atoms with Gasteiger partial charge in [-0.15, -0.1) is 0 Å². The molecule has 1 aromatic heterocycles. The topological polar surface area (TPSA) is 65.4 Å². The molecular weight excluding hydrogens is 306 g/mol. The van der Waals surface area contributed by atoms with Crippen LogP contribution in [0, 0.1) is 0 Å². The van der Waals surface area contributed by atoms with Crippen molar-refractivity contribution in [3.8, 4) is 11.5 Å². The molecule has 6 nitrogen and oxygen atoms in total. The van der Waals surface area contributed by atoms with Crippen molar-refractivity contribution in [3.63, 3.8) is 0 Å². The molecule has 0 bridgehead atoms. The first kappa shape index (κ1) is 16.2. The number of aromatic nitrogens is 2. The van der Waals surface area contributed by atoms with Crippen molar-refractivity contribution in [1.29, 1.82) is 0 Å². The van der Waals surface area contributed by atoms with Gasteiger partial charge in [0.25, 0.3) is 5.91 Å². The first-order valence-corrected chi connectivity index (χ1v) is 7.11. The number of nitrogens with one attached hydrogen (secondary N) is 1. The molecule has 1 aromatic carbocycles. The van der Waals surface area contributed by atoms with Gasteiger partial charge in [-0.3, -0.25) is 4.79 Å². The van der Waals surface area contributed by atoms with Crippen LogP contribution in [-0.4, -0.2) is 35.7 Å². The second kappa shape index (κ2) is 7.17. The van der Waals surface area contributed by atoms with Crippen molar-refractivity contribution in [2.75, 3.05) is 14.2 Å². The van der Waals surface area contributed by atoms with E-state index < -0.39 is 0 Å². The SMILES string of the molecule is COc1cc(C(=O)N[C@@H](C)Cn2ccnc2)cc(Cl)c1OC. The zero-order chi connectivity index (χ0) is 16.1. The van der Waals surface area contributed by atoms with Crippen molar-refractivity contribution < 1.29 is 14.3 Å². The number of carbonyl (C=O) groups excluding carboxylic acids is 1. The van der Waals surface area contributed by atoms with Gasteiger partial charge in [0.15, 0.2) is 11.5 Å². The quantitative estimate of drug-likeness (QED) is 0.886. The number of nitrogens with zero attached hydrogens (tertiary/aromatic N) is 2. The Morgan fingerprint density at radius 3 is 2.77 bits per heavy atom. The summed E-state index contributed by atoms with van der Waals surface area (Å²) in [6, 6.07) is 3.10. The maximum absolute atomic E-state index is 12.3. The van der Waals surface area contributed by atoms with Crippen LogP contribution in [0.1, 0.15) is 17.3 Å². The van der Waals surface area contributed by atoms with Crippen molar-refractivity contribution in [2.45, 2.75) is 19.5 Å². The molecule has 2 rings (SSSR count). The fourth-order valence-corrected chi connectivity index (χ4v) is 2.40. The number of rotatable bonds is 6. The summed E-state index contributed by atoms with van der Waals surface area (Å²) in [5.74, 6) is 0.602. The molecule has 0 saturated carbocycles. The standard InChI is InChI=1S/C15H18ClN3O3/c1-10(8-19-5-4-17-9-19)18-15(20)11-6-12(16)14(22-3)13(7-11)21-2/h4-7,9-10H,8H2,1-3H3,(H,18,20)/t10-/m0/s1. The largest absolute Gasteiger partial charge is 0.493 e. The molecule has 118 valence electrons. The molecule has 2 aromatic rings. The fourth-order valence-electron chi connectivity index (χ4n) is 2.11. The Morgan fingerprint density at radius 2 is 2.18 bits per heavy atom. The van der Waals surface area contributed by atoms with Gasteiger partial charge < -0.3 is 19.4 Å². The average Bonchev–Trinajstić information content (AvgIpc) is 2.98. The molecule has 1 atom stereocenters. The molecule has 0 saturated heterocycles. The second-order valence-electron chi connectivity index (χ2n) is 4.83. The van der Waals surface area contributed by atoms with Crippen LogP contribution in [0.4, 0.5) is 0 Å². The lowest BCUT2D eigenvalue weighted by molar-refractivity contribution is 0.0936. The van der Waals surface area contributed by atoms with Gasteiger partial charge >= 0.3 is 0 Å². The average molecular weight is 324 g/mol. The summed E-state index contributed by atoms with van der Waals surface area (Å²) in [5, 5.41) is 3.24. The molecule has 22 heavy (non-hydrogen) atoms. The minimum absolute atomic E-state index is 0.0615. The van der Waals surface area contributed by atoms with E-state index in [1.807, 2.05) is 17.7 Å². The summed E-state index contributed by atoms with van der Waals surface area (Å²) >= 11 is 6.11. The van der Waals surface area contributed by atoms with E-state index >= 15 is 0 Å². The number of amides is 1. The smallest absolute Gasteiger partial charge is 0.251 e. The highest BCUT2D eigenvalue weighted by atomic mass is 35.5. The molecule has 0 spiro atoms. The second-order valence-corrected chi connectivity index (χ2v) is 5.23. The number of imidazole rings is 1. The Balaban J connectivity index is 2.10. The lowest BCUT2D eigenvalue weighted by Gasteiger charge is -2.16. The number of hydrogen-bond donors (Lipinski definition) is 1. The van der Waals surface area contributed by atoms with E-state index in [4.69, 9.17) is 21.1 Å². The molecular formula is C15H18ClN3O3. The molecule has 0 fully saturated rings. The summed E-state index contributed by atoms with van der Waals surface area (Å²) in [6.45, 7) is 2.55. The van der Waals surface area contributed by atoms with Crippen LogP contribution in [0.2, 0.25) is 5.02 Å². The molecule has 0 aliphatic carbocycles. The molecule has 1 N–H and O–H groups in total. The van der Waals surface area contributed by atoms with Crippen LogP contribution in [-0.2, 0) is 6.54 Å². The molecule has 7 heteroatoms. The van der Waals surface area contributed by atoms with Crippen molar-refractivity contribution in [2.24, 2.45) is 0 Å². The summed E-state index contributed by atoms with van der Waals surface area (Å²) in [7, 11) is 2.99. The van der Waals surface area contributed by atoms with E-state index in [0.29, 0.717) is 28.6 Å². The third-order valence-electron chi connectivity index (χ3n) is 3.12. The van der Waals surface area contributed by atoms with Crippen LogP contribution >= 0.6 is 11.6 Å². The Kier molecular flexibility index (Phi) is 5.27. The van der Waals surface area contributed by atoms with Gasteiger partial charge in [0.1, 0.15) is 0 Å². The predicted molar refractivity (Wildman–Crippen MR) is 83.7 cm³/mol. The van der Waals surface area contributed by atoms with Gasteiger partial charge in [-0.2, -0.15) is 0 Å². The summed E-state index contributed by atoms with van der Waals surface area (Å²) < 4.78 is 12.2. The normalized spacial score (nSPS) is 11.8. The van der Waals surface area contributed by atoms with Gasteiger partial charge in [0.05, 0.1) is 25.6 Å². The van der Waals surface area contributed by atoms with Crippen LogP contribution in [0.3, 0.4) is 0 Å². The van der Waals surface area contributed by atoms with E-state index in [9.17, 15) is 4.79 Å². The van der Waals surface area contributed by atoms with Crippen molar-refractivity contribution in [1.82, 2.24) is 14.9 Å². The Morgan fingerprint density at radius 1 is 1.41 bits per heavy atom. The summed E-state index contributed by atoms with van der Waals surface area (Å²) in [4.78, 5) is 16.3. The third-order valence-corrected chi connectivity index (χ3v) is 3.40. The molecule has 1 amide bonds. The zero-order valence-corrected chi connectivity index (χ0v) is 13.4. The van der Waals surface area contributed by atoms with Gasteiger partial charge in [0.2, 0.25) is 0 Å². The van der Waals surface area contributed by atoms with Gasteiger partial charge in [0, 0.05) is 30.5 Å². The molecule has 0 aliphatic heterocycles. The van der Waals surface area contributed by atoms with Gasteiger partial charge in [-0.25, -0.2) is 4.98 Å². The number of methoxy groups -OCH3 is 2. The number of ether oxygens (including phenoxy) is 2. The molecule has 1 heterocycles. The molecule has 0 aliphatic rings. The van der Waals surface area contributed by atoms with Gasteiger partial charge in [-0.05, 0) is 19.1 Å². The maximum Gasteiger partial charge on any atom is 0.251 e. The molecule has 0 radical (unpaired) electrons. The lowest BCUT2D eigenvalue weighted by Crippen LogP contribution is -2.35. The van der Waals surface area contributed by atoms with E-state index in [-0.39, 0.29) is 11.9 Å². The minimum Gasteiger partial charge on any atom is -0.493 e. The highest BCUT2D eigenvalue weighted by Crippen LogP contribution is 2.35. The Bertz CT molecular complexity index is 644. The minimum atomic E-state index is -0.226. The highest BCUT2D eigenvalue weighted by Gasteiger charge is 2.16. The summed E-state index contributed by atoms with van der Waals surface area (Å²) in [6.07, 6.45) is 5.24. The third kappa shape index (κ3) is 3.71.